The maximum absolute atomic E-state index is 13.9. The highest BCUT2D eigenvalue weighted by Gasteiger charge is 2.29. The molecule has 0 spiro atoms. The largest absolute Gasteiger partial charge is 0.487 e. The van der Waals surface area contributed by atoms with E-state index in [9.17, 15) is 9.18 Å². The van der Waals surface area contributed by atoms with E-state index >= 15 is 0 Å². The van der Waals surface area contributed by atoms with Gasteiger partial charge < -0.3 is 9.64 Å². The summed E-state index contributed by atoms with van der Waals surface area (Å²) in [5, 5.41) is 4.40. The number of fused-ring (bicyclic) bond motifs is 1. The molecule has 0 N–H and O–H groups in total. The molecule has 0 radical (unpaired) electrons. The number of carbonyl (C=O) groups excluding carboxylic acids is 1. The molecule has 0 atom stereocenters. The van der Waals surface area contributed by atoms with Gasteiger partial charge in [-0.25, -0.2) is 4.39 Å². The van der Waals surface area contributed by atoms with E-state index in [1.807, 2.05) is 30.3 Å². The van der Waals surface area contributed by atoms with Gasteiger partial charge in [-0.2, -0.15) is 5.10 Å². The Morgan fingerprint density at radius 1 is 1.16 bits per heavy atom. The molecular formula is C18H15FN4O2. The molecule has 3 aromatic rings. The number of anilines is 1. The Kier molecular flexibility index (Phi) is 3.89. The van der Waals surface area contributed by atoms with Crippen molar-refractivity contribution in [3.63, 3.8) is 0 Å². The van der Waals surface area contributed by atoms with Crippen LogP contribution in [-0.2, 0) is 13.2 Å². The number of para-hydroxylation sites is 1. The second kappa shape index (κ2) is 6.35. The first-order valence-electron chi connectivity index (χ1n) is 7.88. The summed E-state index contributed by atoms with van der Waals surface area (Å²) in [5.41, 5.74) is 1.31. The molecule has 1 aliphatic rings. The van der Waals surface area contributed by atoms with Crippen molar-refractivity contribution in [2.75, 3.05) is 11.4 Å². The van der Waals surface area contributed by atoms with Gasteiger partial charge in [0.1, 0.15) is 23.7 Å². The minimum absolute atomic E-state index is 0.231. The molecule has 4 rings (SSSR count). The van der Waals surface area contributed by atoms with Crippen molar-refractivity contribution in [2.24, 2.45) is 0 Å². The highest BCUT2D eigenvalue weighted by molar-refractivity contribution is 6.05. The maximum Gasteiger partial charge on any atom is 0.276 e. The predicted octanol–water partition coefficient (Wildman–Crippen LogP) is 2.66. The van der Waals surface area contributed by atoms with Gasteiger partial charge in [0.15, 0.2) is 5.82 Å². The standard InChI is InChI=1S/C18H15FN4O2/c19-15-11-20-7-6-16(15)22-8-9-23-17(18(22)24)10-13(21-23)12-25-14-4-2-1-3-5-14/h1-7,10-11H,8-9,12H2. The summed E-state index contributed by atoms with van der Waals surface area (Å²) in [6.07, 6.45) is 2.57. The predicted molar refractivity (Wildman–Crippen MR) is 88.9 cm³/mol. The SMILES string of the molecule is O=C1c2cc(COc3ccccc3)nn2CCN1c1ccncc1F. The van der Waals surface area contributed by atoms with Crippen molar-refractivity contribution in [3.8, 4) is 5.75 Å². The molecule has 2 aromatic heterocycles. The Morgan fingerprint density at radius 2 is 2.00 bits per heavy atom. The van der Waals surface area contributed by atoms with E-state index in [1.165, 1.54) is 17.2 Å². The molecule has 25 heavy (non-hydrogen) atoms. The van der Waals surface area contributed by atoms with E-state index in [1.54, 1.807) is 10.7 Å². The van der Waals surface area contributed by atoms with E-state index in [0.29, 0.717) is 24.5 Å². The average molecular weight is 338 g/mol. The number of halogens is 1. The summed E-state index contributed by atoms with van der Waals surface area (Å²) in [6, 6.07) is 12.6. The zero-order valence-electron chi connectivity index (χ0n) is 13.3. The summed E-state index contributed by atoms with van der Waals surface area (Å²) < 4.78 is 21.2. The van der Waals surface area contributed by atoms with E-state index in [0.717, 1.165) is 11.9 Å². The third kappa shape index (κ3) is 2.96. The molecule has 126 valence electrons. The molecule has 1 aromatic carbocycles. The number of rotatable bonds is 4. The lowest BCUT2D eigenvalue weighted by molar-refractivity contribution is 0.0961. The van der Waals surface area contributed by atoms with Crippen molar-refractivity contribution in [1.82, 2.24) is 14.8 Å². The zero-order valence-corrected chi connectivity index (χ0v) is 13.3. The minimum Gasteiger partial charge on any atom is -0.487 e. The normalized spacial score (nSPS) is 13.6. The van der Waals surface area contributed by atoms with Gasteiger partial charge in [-0.3, -0.25) is 14.5 Å². The number of amides is 1. The summed E-state index contributed by atoms with van der Waals surface area (Å²) in [6.45, 7) is 1.11. The fourth-order valence-corrected chi connectivity index (χ4v) is 2.81. The molecule has 1 amide bonds. The van der Waals surface area contributed by atoms with Gasteiger partial charge in [0.25, 0.3) is 5.91 Å². The number of aromatic nitrogens is 3. The first kappa shape index (κ1) is 15.3. The van der Waals surface area contributed by atoms with Crippen LogP contribution in [0.15, 0.2) is 54.9 Å². The molecule has 0 saturated heterocycles. The summed E-state index contributed by atoms with van der Waals surface area (Å²) in [4.78, 5) is 17.8. The van der Waals surface area contributed by atoms with Gasteiger partial charge in [-0.15, -0.1) is 0 Å². The Labute approximate surface area is 143 Å². The van der Waals surface area contributed by atoms with Crippen LogP contribution in [0.1, 0.15) is 16.2 Å². The second-order valence-corrected chi connectivity index (χ2v) is 5.63. The molecule has 3 heterocycles. The Bertz CT molecular complexity index is 910. The van der Waals surface area contributed by atoms with Crippen LogP contribution in [-0.4, -0.2) is 27.2 Å². The van der Waals surface area contributed by atoms with Gasteiger partial charge >= 0.3 is 0 Å². The Morgan fingerprint density at radius 3 is 2.80 bits per heavy atom. The molecule has 7 heteroatoms. The maximum atomic E-state index is 13.9. The third-order valence-electron chi connectivity index (χ3n) is 4.00. The number of nitrogens with zero attached hydrogens (tertiary/aromatic N) is 4. The van der Waals surface area contributed by atoms with E-state index in [4.69, 9.17) is 4.74 Å². The molecule has 6 nitrogen and oxygen atoms in total. The molecular weight excluding hydrogens is 323 g/mol. The lowest BCUT2D eigenvalue weighted by Crippen LogP contribution is -2.40. The molecule has 0 saturated carbocycles. The van der Waals surface area contributed by atoms with Crippen LogP contribution in [0.5, 0.6) is 5.75 Å². The van der Waals surface area contributed by atoms with Crippen molar-refractivity contribution in [2.45, 2.75) is 13.2 Å². The number of hydrogen-bond donors (Lipinski definition) is 0. The summed E-state index contributed by atoms with van der Waals surface area (Å²) in [5.74, 6) is -0.0634. The van der Waals surface area contributed by atoms with Gasteiger partial charge in [0.2, 0.25) is 0 Å². The van der Waals surface area contributed by atoms with Crippen molar-refractivity contribution in [3.05, 3.63) is 72.1 Å². The first-order chi connectivity index (χ1) is 12.2. The van der Waals surface area contributed by atoms with Gasteiger partial charge in [-0.1, -0.05) is 18.2 Å². The van der Waals surface area contributed by atoms with Gasteiger partial charge in [0, 0.05) is 12.7 Å². The van der Waals surface area contributed by atoms with Crippen molar-refractivity contribution in [1.29, 1.82) is 0 Å². The average Bonchev–Trinajstić information content (AvgIpc) is 3.06. The quantitative estimate of drug-likeness (QED) is 0.734. The van der Waals surface area contributed by atoms with Gasteiger partial charge in [0.05, 0.1) is 18.4 Å². The lowest BCUT2D eigenvalue weighted by Gasteiger charge is -2.27. The lowest BCUT2D eigenvalue weighted by atomic mass is 10.2. The molecule has 0 unspecified atom stereocenters. The third-order valence-corrected chi connectivity index (χ3v) is 4.00. The monoisotopic (exact) mass is 338 g/mol. The zero-order chi connectivity index (χ0) is 17.2. The first-order valence-corrected chi connectivity index (χ1v) is 7.88. The number of pyridine rings is 1. The van der Waals surface area contributed by atoms with Gasteiger partial charge in [-0.05, 0) is 24.3 Å². The number of carbonyl (C=O) groups is 1. The molecule has 1 aliphatic heterocycles. The van der Waals surface area contributed by atoms with E-state index in [-0.39, 0.29) is 18.2 Å². The topological polar surface area (TPSA) is 60.2 Å². The fraction of sp³-hybridized carbons (Fsp3) is 0.167. The van der Waals surface area contributed by atoms with Crippen LogP contribution in [0.25, 0.3) is 0 Å². The van der Waals surface area contributed by atoms with E-state index < -0.39 is 5.82 Å². The number of benzene rings is 1. The van der Waals surface area contributed by atoms with Crippen LogP contribution < -0.4 is 9.64 Å². The highest BCUT2D eigenvalue weighted by atomic mass is 19.1. The summed E-state index contributed by atoms with van der Waals surface area (Å²) in [7, 11) is 0. The van der Waals surface area contributed by atoms with Crippen LogP contribution in [0.2, 0.25) is 0 Å². The number of ether oxygens (including phenoxy) is 1. The Hall–Kier alpha value is -3.22. The van der Waals surface area contributed by atoms with E-state index in [2.05, 4.69) is 10.1 Å². The Balaban J connectivity index is 1.54. The van der Waals surface area contributed by atoms with Crippen LogP contribution in [0.3, 0.4) is 0 Å². The fourth-order valence-electron chi connectivity index (χ4n) is 2.81. The van der Waals surface area contributed by atoms with Crippen LogP contribution >= 0.6 is 0 Å². The summed E-state index contributed by atoms with van der Waals surface area (Å²) >= 11 is 0. The molecule has 0 fully saturated rings. The minimum atomic E-state index is -0.517. The van der Waals surface area contributed by atoms with Crippen molar-refractivity contribution < 1.29 is 13.9 Å². The van der Waals surface area contributed by atoms with Crippen LogP contribution in [0, 0.1) is 5.82 Å². The smallest absolute Gasteiger partial charge is 0.276 e. The van der Waals surface area contributed by atoms with Crippen LogP contribution in [0.4, 0.5) is 10.1 Å². The number of hydrogen-bond acceptors (Lipinski definition) is 4. The van der Waals surface area contributed by atoms with Crippen molar-refractivity contribution >= 4 is 11.6 Å². The highest BCUT2D eigenvalue weighted by Crippen LogP contribution is 2.24. The molecule has 0 aliphatic carbocycles. The second-order valence-electron chi connectivity index (χ2n) is 5.63. The molecule has 0 bridgehead atoms.